The number of nitrogens with one attached hydrogen (secondary N) is 1. The second-order valence-electron chi connectivity index (χ2n) is 13.0. The minimum Gasteiger partial charge on any atom is -0.490 e. The number of benzene rings is 3. The Morgan fingerprint density at radius 1 is 0.935 bits per heavy atom. The third kappa shape index (κ3) is 8.65. The molecule has 46 heavy (non-hydrogen) atoms. The average Bonchev–Trinajstić information content (AvgIpc) is 2.99. The molecule has 6 nitrogen and oxygen atoms in total. The lowest BCUT2D eigenvalue weighted by Crippen LogP contribution is -2.65. The first kappa shape index (κ1) is 35.4. The molecule has 0 amide bonds. The first-order chi connectivity index (χ1) is 22.1. The molecule has 0 aromatic heterocycles. The Kier molecular flexibility index (Phi) is 11.8. The normalized spacial score (nSPS) is 18.4. The van der Waals surface area contributed by atoms with Gasteiger partial charge in [0.15, 0.2) is 0 Å². The van der Waals surface area contributed by atoms with Crippen molar-refractivity contribution < 1.29 is 27.8 Å². The van der Waals surface area contributed by atoms with E-state index in [1.165, 1.54) is 12.1 Å². The summed E-state index contributed by atoms with van der Waals surface area (Å²) in [6.07, 6.45) is 2.25. The van der Waals surface area contributed by atoms with Crippen molar-refractivity contribution >= 4 is 5.97 Å². The zero-order valence-electron chi connectivity index (χ0n) is 28.4. The van der Waals surface area contributed by atoms with E-state index in [0.717, 1.165) is 54.8 Å². The molecule has 6 rings (SSSR count). The lowest BCUT2D eigenvalue weighted by Gasteiger charge is -2.58. The van der Waals surface area contributed by atoms with Gasteiger partial charge in [0, 0.05) is 42.7 Å². The zero-order chi connectivity index (χ0) is 33.5. The summed E-state index contributed by atoms with van der Waals surface area (Å²) in [4.78, 5) is 14.2. The summed E-state index contributed by atoms with van der Waals surface area (Å²) in [7, 11) is 0. The van der Waals surface area contributed by atoms with Crippen LogP contribution in [-0.4, -0.2) is 48.8 Å². The van der Waals surface area contributed by atoms with Crippen molar-refractivity contribution in [3.63, 3.8) is 0 Å². The Morgan fingerprint density at radius 2 is 1.59 bits per heavy atom. The van der Waals surface area contributed by atoms with E-state index < -0.39 is 23.3 Å². The number of likely N-dealkylation sites (tertiary alicyclic amines) is 1. The van der Waals surface area contributed by atoms with E-state index in [9.17, 15) is 4.79 Å². The van der Waals surface area contributed by atoms with Gasteiger partial charge in [-0.1, -0.05) is 64.1 Å². The van der Waals surface area contributed by atoms with Gasteiger partial charge in [-0.2, -0.15) is 0 Å². The van der Waals surface area contributed by atoms with Gasteiger partial charge in [-0.3, -0.25) is 9.69 Å². The molecule has 1 saturated carbocycles. The van der Waals surface area contributed by atoms with Crippen LogP contribution < -0.4 is 14.8 Å². The van der Waals surface area contributed by atoms with Gasteiger partial charge in [-0.15, -0.1) is 0 Å². The van der Waals surface area contributed by atoms with E-state index in [1.54, 1.807) is 0 Å². The average molecular weight is 637 g/mol. The number of ether oxygens (including phenoxy) is 3. The number of esters is 1. The topological polar surface area (TPSA) is 60.0 Å². The van der Waals surface area contributed by atoms with Gasteiger partial charge in [0.1, 0.15) is 35.3 Å². The fraction of sp³-hybridized carbons (Fsp3) is 0.500. The van der Waals surface area contributed by atoms with Crippen LogP contribution in [0.2, 0.25) is 0 Å². The summed E-state index contributed by atoms with van der Waals surface area (Å²) >= 11 is 0. The highest BCUT2D eigenvalue weighted by Crippen LogP contribution is 2.49. The largest absolute Gasteiger partial charge is 0.490 e. The maximum absolute atomic E-state index is 15.4. The quantitative estimate of drug-likeness (QED) is 0.253. The smallest absolute Gasteiger partial charge is 0.320 e. The summed E-state index contributed by atoms with van der Waals surface area (Å²) in [5.74, 6) is -0.524. The van der Waals surface area contributed by atoms with Crippen LogP contribution in [0.15, 0.2) is 60.7 Å². The van der Waals surface area contributed by atoms with E-state index in [-0.39, 0.29) is 35.3 Å². The fourth-order valence-electron chi connectivity index (χ4n) is 6.55. The van der Waals surface area contributed by atoms with Crippen LogP contribution in [0.3, 0.4) is 0 Å². The van der Waals surface area contributed by atoms with Crippen molar-refractivity contribution in [2.75, 3.05) is 26.2 Å². The number of hydrogen-bond acceptors (Lipinski definition) is 6. The maximum atomic E-state index is 15.4. The van der Waals surface area contributed by atoms with Gasteiger partial charge in [0.05, 0.1) is 18.7 Å². The van der Waals surface area contributed by atoms with Crippen molar-refractivity contribution in [1.82, 2.24) is 10.2 Å². The van der Waals surface area contributed by atoms with Gasteiger partial charge >= 0.3 is 5.97 Å². The maximum Gasteiger partial charge on any atom is 0.320 e. The first-order valence-electron chi connectivity index (χ1n) is 16.7. The molecule has 1 aliphatic carbocycles. The van der Waals surface area contributed by atoms with E-state index in [0.29, 0.717) is 13.2 Å². The Hall–Kier alpha value is -3.49. The third-order valence-electron chi connectivity index (χ3n) is 8.27. The van der Waals surface area contributed by atoms with Gasteiger partial charge in [-0.25, -0.2) is 8.78 Å². The molecule has 250 valence electrons. The highest BCUT2D eigenvalue weighted by Gasteiger charge is 2.53. The standard InChI is InChI=1S/C34H38F2N2O4.2C2H6/c1-33(2,3)42-30(39)18-38-20-34(21-38)16-26(17-34)41-25-14-28(35)31(29(36)15-25)32-27-10-9-24(13-23(27)11-12-37-32)40-19-22-7-5-4-6-8-22;2*1-2/h4-10,13-15,26,32,37H,11-12,16-21H2,1-3H3;2*1-2H3. The molecular formula is C38H50F2N2O4. The minimum atomic E-state index is -0.624. The lowest BCUT2D eigenvalue weighted by molar-refractivity contribution is -0.165. The Morgan fingerprint density at radius 3 is 2.22 bits per heavy atom. The molecule has 2 heterocycles. The van der Waals surface area contributed by atoms with E-state index >= 15 is 8.78 Å². The predicted octanol–water partition coefficient (Wildman–Crippen LogP) is 8.02. The number of rotatable bonds is 8. The molecule has 0 radical (unpaired) electrons. The number of carbonyl (C=O) groups is 1. The van der Waals surface area contributed by atoms with Crippen LogP contribution in [-0.2, 0) is 22.6 Å². The molecule has 1 spiro atoms. The summed E-state index contributed by atoms with van der Waals surface area (Å²) in [5, 5.41) is 3.29. The van der Waals surface area contributed by atoms with E-state index in [4.69, 9.17) is 14.2 Å². The van der Waals surface area contributed by atoms with Crippen LogP contribution in [0.5, 0.6) is 11.5 Å². The van der Waals surface area contributed by atoms with Crippen molar-refractivity contribution in [2.24, 2.45) is 5.41 Å². The van der Waals surface area contributed by atoms with Gasteiger partial charge in [0.2, 0.25) is 0 Å². The van der Waals surface area contributed by atoms with Crippen LogP contribution in [0.25, 0.3) is 0 Å². The molecule has 8 heteroatoms. The molecule has 3 aliphatic rings. The molecule has 1 saturated heterocycles. The second kappa shape index (κ2) is 15.4. The summed E-state index contributed by atoms with van der Waals surface area (Å²) < 4.78 is 48.2. The summed E-state index contributed by atoms with van der Waals surface area (Å²) in [6.45, 7) is 16.5. The molecule has 2 aliphatic heterocycles. The SMILES string of the molecule is CC.CC.CC(C)(C)OC(=O)CN1CC2(CC(Oc3cc(F)c(C4NCCc5cc(OCc6ccccc6)ccc54)c(F)c3)C2)C1. The number of carbonyl (C=O) groups excluding carboxylic acids is 1. The van der Waals surface area contributed by atoms with Gasteiger partial charge in [0.25, 0.3) is 0 Å². The highest BCUT2D eigenvalue weighted by atomic mass is 19.1. The minimum absolute atomic E-state index is 0.00288. The number of hydrogen-bond donors (Lipinski definition) is 1. The van der Waals surface area contributed by atoms with E-state index in [2.05, 4.69) is 10.2 Å². The summed E-state index contributed by atoms with van der Waals surface area (Å²) in [5.41, 5.74) is 2.57. The van der Waals surface area contributed by atoms with Crippen LogP contribution in [0, 0.1) is 17.0 Å². The van der Waals surface area contributed by atoms with Gasteiger partial charge in [-0.05, 0) is 68.9 Å². The molecule has 2 fully saturated rings. The second-order valence-corrected chi connectivity index (χ2v) is 13.0. The van der Waals surface area contributed by atoms with Crippen LogP contribution in [0.4, 0.5) is 8.78 Å². The first-order valence-corrected chi connectivity index (χ1v) is 16.7. The third-order valence-corrected chi connectivity index (χ3v) is 8.27. The lowest BCUT2D eigenvalue weighted by atomic mass is 9.62. The van der Waals surface area contributed by atoms with Crippen LogP contribution >= 0.6 is 0 Å². The number of halogens is 2. The number of nitrogens with zero attached hydrogens (tertiary/aromatic N) is 1. The van der Waals surface area contributed by atoms with Gasteiger partial charge < -0.3 is 19.5 Å². The Bertz CT molecular complexity index is 1420. The molecule has 3 aromatic carbocycles. The Balaban J connectivity index is 0.00000116. The zero-order valence-corrected chi connectivity index (χ0v) is 28.4. The molecular weight excluding hydrogens is 586 g/mol. The molecule has 1 N–H and O–H groups in total. The predicted molar refractivity (Wildman–Crippen MR) is 178 cm³/mol. The molecule has 3 aromatic rings. The van der Waals surface area contributed by atoms with E-state index in [1.807, 2.05) is 97.0 Å². The molecule has 1 atom stereocenters. The highest BCUT2D eigenvalue weighted by molar-refractivity contribution is 5.72. The fourth-order valence-corrected chi connectivity index (χ4v) is 6.55. The Labute approximate surface area is 273 Å². The number of fused-ring (bicyclic) bond motifs is 1. The van der Waals surface area contributed by atoms with Crippen molar-refractivity contribution in [3.8, 4) is 11.5 Å². The molecule has 1 unspecified atom stereocenters. The summed E-state index contributed by atoms with van der Waals surface area (Å²) in [6, 6.07) is 17.7. The van der Waals surface area contributed by atoms with Crippen LogP contribution in [0.1, 0.15) is 89.6 Å². The van der Waals surface area contributed by atoms with Crippen molar-refractivity contribution in [3.05, 3.63) is 94.6 Å². The van der Waals surface area contributed by atoms with Crippen molar-refractivity contribution in [2.45, 2.75) is 92.1 Å². The monoisotopic (exact) mass is 636 g/mol. The van der Waals surface area contributed by atoms with Crippen molar-refractivity contribution in [1.29, 1.82) is 0 Å². The molecule has 0 bridgehead atoms.